The van der Waals surface area contributed by atoms with Crippen molar-refractivity contribution >= 4 is 17.1 Å². The lowest BCUT2D eigenvalue weighted by atomic mass is 10.00. The van der Waals surface area contributed by atoms with Gasteiger partial charge in [0.05, 0.1) is 0 Å². The number of rotatable bonds is 1. The van der Waals surface area contributed by atoms with Crippen molar-refractivity contribution < 1.29 is 0 Å². The largest absolute Gasteiger partial charge is 0.142 e. The summed E-state index contributed by atoms with van der Waals surface area (Å²) >= 11 is 0. The fourth-order valence-corrected chi connectivity index (χ4v) is 1.01. The highest BCUT2D eigenvalue weighted by atomic mass is 31.0. The van der Waals surface area contributed by atoms with Crippen molar-refractivity contribution in [2.75, 3.05) is 0 Å². The summed E-state index contributed by atoms with van der Waals surface area (Å²) in [6.07, 6.45) is 2.95. The first-order valence-electron chi connectivity index (χ1n) is 2.56. The molecule has 0 aliphatic heterocycles. The van der Waals surface area contributed by atoms with Crippen LogP contribution in [0.5, 0.6) is 0 Å². The van der Waals surface area contributed by atoms with Crippen LogP contribution in [0.25, 0.3) is 0 Å². The summed E-state index contributed by atoms with van der Waals surface area (Å²) in [7, 11) is 5.10. The van der Waals surface area contributed by atoms with Gasteiger partial charge in [-0.15, -0.1) is 9.24 Å². The molecule has 0 aromatic carbocycles. The van der Waals surface area contributed by atoms with Gasteiger partial charge in [-0.25, -0.2) is 0 Å². The van der Waals surface area contributed by atoms with Gasteiger partial charge in [-0.05, 0) is 5.92 Å². The lowest BCUT2D eigenvalue weighted by Crippen LogP contribution is -1.96. The van der Waals surface area contributed by atoms with E-state index in [0.29, 0.717) is 0 Å². The molecule has 1 fully saturated rings. The van der Waals surface area contributed by atoms with E-state index in [1.807, 2.05) is 0 Å². The summed E-state index contributed by atoms with van der Waals surface area (Å²) in [5.74, 6) is 1.06. The molecule has 0 radical (unpaired) electrons. The van der Waals surface area contributed by atoms with Crippen LogP contribution in [0.1, 0.15) is 12.8 Å². The second-order valence-electron chi connectivity index (χ2n) is 2.20. The third-order valence-corrected chi connectivity index (χ3v) is 1.91. The van der Waals surface area contributed by atoms with Crippen LogP contribution in [0.3, 0.4) is 0 Å². The minimum absolute atomic E-state index is 0.880. The van der Waals surface area contributed by atoms with Crippen molar-refractivity contribution in [1.82, 2.24) is 0 Å². The van der Waals surface area contributed by atoms with E-state index < -0.39 is 0 Å². The maximum atomic E-state index is 2.84. The van der Waals surface area contributed by atoms with Crippen LogP contribution < -0.4 is 0 Å². The Morgan fingerprint density at radius 2 is 2.17 bits per heavy atom. The summed E-state index contributed by atoms with van der Waals surface area (Å²) < 4.78 is 0. The van der Waals surface area contributed by atoms with Gasteiger partial charge in [0, 0.05) is 0 Å². The Morgan fingerprint density at radius 3 is 2.17 bits per heavy atom. The van der Waals surface area contributed by atoms with Crippen molar-refractivity contribution in [1.29, 1.82) is 0 Å². The molecule has 6 heavy (non-hydrogen) atoms. The molecule has 1 saturated carbocycles. The molecule has 34 valence electrons. The first-order valence-corrected chi connectivity index (χ1v) is 3.23. The van der Waals surface area contributed by atoms with Gasteiger partial charge in [-0.3, -0.25) is 0 Å². The second kappa shape index (κ2) is 1.54. The lowest BCUT2D eigenvalue weighted by Gasteiger charge is -1.93. The molecule has 0 nitrogen and oxygen atoms in total. The molecular formula is C4H10BP. The SMILES string of the molecule is BC(P)C1CC1. The third kappa shape index (κ3) is 0.977. The predicted octanol–water partition coefficient (Wildman–Crippen LogP) is 0.231. The highest BCUT2D eigenvalue weighted by molar-refractivity contribution is 7.20. The zero-order chi connectivity index (χ0) is 4.57. The van der Waals surface area contributed by atoms with E-state index in [0.717, 1.165) is 11.5 Å². The molecule has 0 aromatic heterocycles. The minimum atomic E-state index is 0.880. The van der Waals surface area contributed by atoms with Crippen molar-refractivity contribution in [3.05, 3.63) is 0 Å². The van der Waals surface area contributed by atoms with Crippen molar-refractivity contribution in [3.63, 3.8) is 0 Å². The van der Waals surface area contributed by atoms with E-state index in [-0.39, 0.29) is 0 Å². The molecule has 0 aromatic rings. The van der Waals surface area contributed by atoms with E-state index in [1.54, 1.807) is 0 Å². The summed E-state index contributed by atoms with van der Waals surface area (Å²) in [5.41, 5.74) is 0.880. The Labute approximate surface area is 42.3 Å². The molecule has 1 aliphatic carbocycles. The van der Waals surface area contributed by atoms with Crippen LogP contribution in [0.2, 0.25) is 0 Å². The monoisotopic (exact) mass is 100 g/mol. The maximum Gasteiger partial charge on any atom is 0.110 e. The van der Waals surface area contributed by atoms with Crippen LogP contribution >= 0.6 is 9.24 Å². The Bertz CT molecular complexity index is 49.5. The fourth-order valence-electron chi connectivity index (χ4n) is 0.622. The normalized spacial score (nSPS) is 26.8. The van der Waals surface area contributed by atoms with Gasteiger partial charge in [0.2, 0.25) is 0 Å². The zero-order valence-corrected chi connectivity index (χ0v) is 5.30. The highest BCUT2D eigenvalue weighted by Crippen LogP contribution is 2.34. The standard InChI is InChI=1S/C4H10BP/c5-4(6)3-1-2-3/h3-4H,1-2,5-6H2. The van der Waals surface area contributed by atoms with Gasteiger partial charge in [-0.2, -0.15) is 0 Å². The molecule has 0 N–H and O–H groups in total. The smallest absolute Gasteiger partial charge is 0.110 e. The summed E-state index contributed by atoms with van der Waals surface area (Å²) in [6.45, 7) is 0. The molecular weight excluding hydrogens is 89.8 g/mol. The van der Waals surface area contributed by atoms with Gasteiger partial charge in [-0.1, -0.05) is 18.4 Å². The molecule has 0 amide bonds. The van der Waals surface area contributed by atoms with Crippen molar-refractivity contribution in [3.8, 4) is 0 Å². The van der Waals surface area contributed by atoms with Crippen molar-refractivity contribution in [2.45, 2.75) is 18.4 Å². The molecule has 2 atom stereocenters. The topological polar surface area (TPSA) is 0 Å². The van der Waals surface area contributed by atoms with Crippen molar-refractivity contribution in [2.24, 2.45) is 5.92 Å². The maximum absolute atomic E-state index is 2.84. The Hall–Kier alpha value is 0.495. The van der Waals surface area contributed by atoms with Crippen LogP contribution in [0.15, 0.2) is 0 Å². The third-order valence-electron chi connectivity index (χ3n) is 1.37. The quantitative estimate of drug-likeness (QED) is 0.327. The Morgan fingerprint density at radius 1 is 1.67 bits per heavy atom. The average Bonchev–Trinajstić information content (AvgIpc) is 2.06. The molecule has 2 heteroatoms. The first kappa shape index (κ1) is 4.65. The van der Waals surface area contributed by atoms with Gasteiger partial charge in [0.25, 0.3) is 0 Å². The second-order valence-corrected chi connectivity index (χ2v) is 3.25. The molecule has 0 saturated heterocycles. The number of hydrogen-bond acceptors (Lipinski definition) is 0. The lowest BCUT2D eigenvalue weighted by molar-refractivity contribution is 0.944. The van der Waals surface area contributed by atoms with E-state index in [9.17, 15) is 0 Å². The van der Waals surface area contributed by atoms with E-state index in [4.69, 9.17) is 0 Å². The van der Waals surface area contributed by atoms with Gasteiger partial charge < -0.3 is 0 Å². The zero-order valence-electron chi connectivity index (χ0n) is 4.15. The van der Waals surface area contributed by atoms with Crippen LogP contribution in [0.4, 0.5) is 0 Å². The highest BCUT2D eigenvalue weighted by Gasteiger charge is 2.24. The van der Waals surface area contributed by atoms with Gasteiger partial charge in [0.15, 0.2) is 0 Å². The molecule has 2 unspecified atom stereocenters. The Balaban J connectivity index is 2.13. The fraction of sp³-hybridized carbons (Fsp3) is 1.00. The van der Waals surface area contributed by atoms with E-state index >= 15 is 0 Å². The first-order chi connectivity index (χ1) is 2.80. The minimum Gasteiger partial charge on any atom is -0.142 e. The number of hydrogen-bond donors (Lipinski definition) is 0. The molecule has 0 spiro atoms. The summed E-state index contributed by atoms with van der Waals surface area (Å²) in [5, 5.41) is 0. The van der Waals surface area contributed by atoms with Gasteiger partial charge in [0.1, 0.15) is 7.85 Å². The van der Waals surface area contributed by atoms with E-state index in [2.05, 4.69) is 17.1 Å². The predicted molar refractivity (Wildman–Crippen MR) is 34.8 cm³/mol. The van der Waals surface area contributed by atoms with E-state index in [1.165, 1.54) is 12.8 Å². The van der Waals surface area contributed by atoms with Gasteiger partial charge >= 0.3 is 0 Å². The molecule has 1 aliphatic rings. The molecule has 0 heterocycles. The van der Waals surface area contributed by atoms with Crippen LogP contribution in [-0.2, 0) is 0 Å². The van der Waals surface area contributed by atoms with Crippen LogP contribution in [-0.4, -0.2) is 13.4 Å². The summed E-state index contributed by atoms with van der Waals surface area (Å²) in [6, 6.07) is 0. The average molecular weight is 99.9 g/mol. The molecule has 0 bridgehead atoms. The summed E-state index contributed by atoms with van der Waals surface area (Å²) in [4.78, 5) is 0. The molecule has 1 rings (SSSR count). The Kier molecular flexibility index (Phi) is 1.19. The van der Waals surface area contributed by atoms with Crippen LogP contribution in [0, 0.1) is 5.92 Å².